The number of Topliss-reactive ketones (excluding diaryl/α,β-unsaturated/α-hetero) is 1. The van der Waals surface area contributed by atoms with Crippen LogP contribution in [0.3, 0.4) is 0 Å². The van der Waals surface area contributed by atoms with Crippen LogP contribution in [0.15, 0.2) is 35.7 Å². The van der Waals surface area contributed by atoms with E-state index in [0.717, 1.165) is 0 Å². The zero-order valence-electron chi connectivity index (χ0n) is 8.18. The van der Waals surface area contributed by atoms with Gasteiger partial charge in [0.15, 0.2) is 10.9 Å². The van der Waals surface area contributed by atoms with E-state index in [9.17, 15) is 4.79 Å². The number of carbonyl (C=O) groups excluding carboxylic acids is 1. The Balaban J connectivity index is 1.98. The van der Waals surface area contributed by atoms with Crippen molar-refractivity contribution in [2.75, 3.05) is 5.75 Å². The van der Waals surface area contributed by atoms with Crippen molar-refractivity contribution in [2.45, 2.75) is 5.16 Å². The van der Waals surface area contributed by atoms with Crippen LogP contribution >= 0.6 is 23.4 Å². The number of halogens is 1. The molecule has 0 aliphatic carbocycles. The third-order valence-corrected chi connectivity index (χ3v) is 2.99. The van der Waals surface area contributed by atoms with Crippen LogP contribution in [-0.2, 0) is 0 Å². The standard InChI is InChI=1S/C10H8ClN3OS/c11-8-3-1-2-7(4-8)9(15)5-16-10-12-6-13-14-10/h1-4,6H,5H2,(H,12,13,14). The second kappa shape index (κ2) is 5.14. The van der Waals surface area contributed by atoms with Crippen LogP contribution in [0.4, 0.5) is 0 Å². The zero-order valence-corrected chi connectivity index (χ0v) is 9.76. The number of aromatic amines is 1. The van der Waals surface area contributed by atoms with Gasteiger partial charge in [0.1, 0.15) is 6.33 Å². The van der Waals surface area contributed by atoms with Crippen molar-refractivity contribution in [3.8, 4) is 0 Å². The molecule has 0 radical (unpaired) electrons. The number of hydrogen-bond donors (Lipinski definition) is 1. The summed E-state index contributed by atoms with van der Waals surface area (Å²) in [6, 6.07) is 6.90. The van der Waals surface area contributed by atoms with E-state index < -0.39 is 0 Å². The molecule has 0 bridgehead atoms. The Hall–Kier alpha value is -1.33. The van der Waals surface area contributed by atoms with Gasteiger partial charge in [0.05, 0.1) is 5.75 Å². The topological polar surface area (TPSA) is 58.6 Å². The van der Waals surface area contributed by atoms with Gasteiger partial charge in [-0.25, -0.2) is 4.98 Å². The van der Waals surface area contributed by atoms with Gasteiger partial charge < -0.3 is 0 Å². The molecular formula is C10H8ClN3OS. The molecular weight excluding hydrogens is 246 g/mol. The average Bonchev–Trinajstić information content (AvgIpc) is 2.78. The highest BCUT2D eigenvalue weighted by molar-refractivity contribution is 7.99. The number of nitrogens with one attached hydrogen (secondary N) is 1. The molecule has 1 aromatic heterocycles. The molecule has 0 amide bonds. The Morgan fingerprint density at radius 3 is 3.06 bits per heavy atom. The number of H-pyrrole nitrogens is 1. The fourth-order valence-corrected chi connectivity index (χ4v) is 2.01. The van der Waals surface area contributed by atoms with Gasteiger partial charge in [-0.15, -0.1) is 0 Å². The summed E-state index contributed by atoms with van der Waals surface area (Å²) in [4.78, 5) is 15.7. The lowest BCUT2D eigenvalue weighted by molar-refractivity contribution is 0.102. The predicted octanol–water partition coefficient (Wildman–Crippen LogP) is 2.43. The van der Waals surface area contributed by atoms with E-state index in [-0.39, 0.29) is 5.78 Å². The van der Waals surface area contributed by atoms with Crippen molar-refractivity contribution >= 4 is 29.1 Å². The van der Waals surface area contributed by atoms with E-state index in [1.807, 2.05) is 0 Å². The normalized spacial score (nSPS) is 10.3. The second-order valence-electron chi connectivity index (χ2n) is 3.01. The number of carbonyl (C=O) groups is 1. The number of thioether (sulfide) groups is 1. The number of aromatic nitrogens is 3. The van der Waals surface area contributed by atoms with Crippen molar-refractivity contribution in [2.24, 2.45) is 0 Å². The van der Waals surface area contributed by atoms with Gasteiger partial charge in [-0.05, 0) is 12.1 Å². The van der Waals surface area contributed by atoms with Crippen LogP contribution in [0, 0.1) is 0 Å². The van der Waals surface area contributed by atoms with Crippen molar-refractivity contribution in [3.63, 3.8) is 0 Å². The minimum Gasteiger partial charge on any atom is -0.293 e. The van der Waals surface area contributed by atoms with E-state index >= 15 is 0 Å². The van der Waals surface area contributed by atoms with E-state index in [1.54, 1.807) is 24.3 Å². The molecule has 1 heterocycles. The van der Waals surface area contributed by atoms with Gasteiger partial charge in [0.25, 0.3) is 0 Å². The number of nitrogens with zero attached hydrogens (tertiary/aromatic N) is 2. The van der Waals surface area contributed by atoms with E-state index in [1.165, 1.54) is 18.1 Å². The quantitative estimate of drug-likeness (QED) is 0.672. The number of rotatable bonds is 4. The molecule has 0 spiro atoms. The summed E-state index contributed by atoms with van der Waals surface area (Å²) in [5.41, 5.74) is 0.611. The van der Waals surface area contributed by atoms with Gasteiger partial charge in [0, 0.05) is 10.6 Å². The first-order valence-electron chi connectivity index (χ1n) is 4.52. The molecule has 2 rings (SSSR count). The molecule has 1 N–H and O–H groups in total. The van der Waals surface area contributed by atoms with E-state index in [0.29, 0.717) is 21.5 Å². The van der Waals surface area contributed by atoms with Gasteiger partial charge in [-0.2, -0.15) is 5.10 Å². The highest BCUT2D eigenvalue weighted by atomic mass is 35.5. The third-order valence-electron chi connectivity index (χ3n) is 1.88. The fraction of sp³-hybridized carbons (Fsp3) is 0.100. The summed E-state index contributed by atoms with van der Waals surface area (Å²) in [5, 5.41) is 7.58. The van der Waals surface area contributed by atoms with Gasteiger partial charge in [-0.1, -0.05) is 35.5 Å². The van der Waals surface area contributed by atoms with E-state index in [4.69, 9.17) is 11.6 Å². The predicted molar refractivity (Wildman–Crippen MR) is 62.9 cm³/mol. The molecule has 0 saturated carbocycles. The second-order valence-corrected chi connectivity index (χ2v) is 4.41. The molecule has 1 aromatic carbocycles. The molecule has 0 unspecified atom stereocenters. The third kappa shape index (κ3) is 2.84. The lowest BCUT2D eigenvalue weighted by atomic mass is 10.1. The van der Waals surface area contributed by atoms with Crippen molar-refractivity contribution in [1.82, 2.24) is 15.2 Å². The highest BCUT2D eigenvalue weighted by Gasteiger charge is 2.07. The Morgan fingerprint density at radius 1 is 1.50 bits per heavy atom. The van der Waals surface area contributed by atoms with Gasteiger partial charge >= 0.3 is 0 Å². The van der Waals surface area contributed by atoms with Crippen LogP contribution in [0.25, 0.3) is 0 Å². The van der Waals surface area contributed by atoms with Crippen molar-refractivity contribution in [3.05, 3.63) is 41.2 Å². The summed E-state index contributed by atoms with van der Waals surface area (Å²) in [5.74, 6) is 0.333. The smallest absolute Gasteiger partial charge is 0.183 e. The monoisotopic (exact) mass is 253 g/mol. The molecule has 82 valence electrons. The lowest BCUT2D eigenvalue weighted by Gasteiger charge is -1.99. The molecule has 6 heteroatoms. The molecule has 0 atom stereocenters. The summed E-state index contributed by atoms with van der Waals surface area (Å²) in [6.07, 6.45) is 1.41. The summed E-state index contributed by atoms with van der Waals surface area (Å²) < 4.78 is 0. The number of benzene rings is 1. The van der Waals surface area contributed by atoms with Crippen LogP contribution < -0.4 is 0 Å². The zero-order chi connectivity index (χ0) is 11.4. The van der Waals surface area contributed by atoms with Crippen LogP contribution in [0.1, 0.15) is 10.4 Å². The maximum atomic E-state index is 11.8. The van der Waals surface area contributed by atoms with Crippen molar-refractivity contribution < 1.29 is 4.79 Å². The Labute approximate surface area is 101 Å². The van der Waals surface area contributed by atoms with Crippen LogP contribution in [-0.4, -0.2) is 26.7 Å². The van der Waals surface area contributed by atoms with Crippen molar-refractivity contribution in [1.29, 1.82) is 0 Å². The van der Waals surface area contributed by atoms with Gasteiger partial charge in [-0.3, -0.25) is 9.89 Å². The lowest BCUT2D eigenvalue weighted by Crippen LogP contribution is -2.02. The highest BCUT2D eigenvalue weighted by Crippen LogP contribution is 2.16. The minimum atomic E-state index is 0.0175. The van der Waals surface area contributed by atoms with Gasteiger partial charge in [0.2, 0.25) is 0 Å². The first kappa shape index (κ1) is 11.2. The molecule has 0 aliphatic heterocycles. The largest absolute Gasteiger partial charge is 0.293 e. The Bertz CT molecular complexity index is 487. The molecule has 16 heavy (non-hydrogen) atoms. The Morgan fingerprint density at radius 2 is 2.38 bits per heavy atom. The first-order chi connectivity index (χ1) is 7.75. The average molecular weight is 254 g/mol. The maximum absolute atomic E-state index is 11.8. The SMILES string of the molecule is O=C(CSc1ncn[nH]1)c1cccc(Cl)c1. The van der Waals surface area contributed by atoms with Crippen LogP contribution in [0.5, 0.6) is 0 Å². The number of ketones is 1. The fourth-order valence-electron chi connectivity index (χ4n) is 1.14. The molecule has 2 aromatic rings. The molecule has 4 nitrogen and oxygen atoms in total. The van der Waals surface area contributed by atoms with E-state index in [2.05, 4.69) is 15.2 Å². The summed E-state index contributed by atoms with van der Waals surface area (Å²) in [6.45, 7) is 0. The molecule has 0 aliphatic rings. The minimum absolute atomic E-state index is 0.0175. The first-order valence-corrected chi connectivity index (χ1v) is 5.89. The molecule has 0 fully saturated rings. The van der Waals surface area contributed by atoms with Crippen LogP contribution in [0.2, 0.25) is 5.02 Å². The molecule has 0 saturated heterocycles. The number of hydrogen-bond acceptors (Lipinski definition) is 4. The Kier molecular flexibility index (Phi) is 3.58. The summed E-state index contributed by atoms with van der Waals surface area (Å²) in [7, 11) is 0. The summed E-state index contributed by atoms with van der Waals surface area (Å²) >= 11 is 7.12. The maximum Gasteiger partial charge on any atom is 0.183 e.